The topological polar surface area (TPSA) is 29.5 Å². The number of benzene rings is 1. The molecule has 3 heteroatoms. The molecular formula is C15H24O2Si. The van der Waals surface area contributed by atoms with Crippen molar-refractivity contribution in [3.63, 3.8) is 0 Å². The molecule has 1 saturated heterocycles. The first-order valence-corrected chi connectivity index (χ1v) is 10.3. The van der Waals surface area contributed by atoms with Gasteiger partial charge in [0.15, 0.2) is 0 Å². The van der Waals surface area contributed by atoms with E-state index in [1.807, 2.05) is 6.92 Å². The zero-order valence-corrected chi connectivity index (χ0v) is 12.6. The highest BCUT2D eigenvalue weighted by atomic mass is 28.3. The molecule has 0 amide bonds. The van der Waals surface area contributed by atoms with Gasteiger partial charge in [0.05, 0.1) is 26.4 Å². The molecule has 1 aromatic rings. The summed E-state index contributed by atoms with van der Waals surface area (Å²) in [7, 11) is -1.30. The molecule has 0 aromatic heterocycles. The Morgan fingerprint density at radius 2 is 1.94 bits per heavy atom. The van der Waals surface area contributed by atoms with Crippen LogP contribution in [0.15, 0.2) is 30.3 Å². The quantitative estimate of drug-likeness (QED) is 0.847. The molecule has 2 nitrogen and oxygen atoms in total. The van der Waals surface area contributed by atoms with Crippen molar-refractivity contribution in [2.24, 2.45) is 0 Å². The molecule has 1 N–H and O–H groups in total. The largest absolute Gasteiger partial charge is 0.390 e. The zero-order valence-electron chi connectivity index (χ0n) is 11.6. The van der Waals surface area contributed by atoms with Gasteiger partial charge in [0, 0.05) is 6.42 Å². The molecule has 0 aliphatic carbocycles. The monoisotopic (exact) mass is 264 g/mol. The number of hydrogen-bond donors (Lipinski definition) is 1. The number of aliphatic hydroxyl groups is 1. The highest BCUT2D eigenvalue weighted by Gasteiger charge is 2.35. The van der Waals surface area contributed by atoms with E-state index >= 15 is 0 Å². The lowest BCUT2D eigenvalue weighted by atomic mass is 10.2. The molecule has 1 aromatic carbocycles. The Labute approximate surface area is 111 Å². The average molecular weight is 264 g/mol. The Morgan fingerprint density at radius 1 is 1.28 bits per heavy atom. The van der Waals surface area contributed by atoms with Crippen LogP contribution in [0.25, 0.3) is 0 Å². The van der Waals surface area contributed by atoms with E-state index < -0.39 is 8.07 Å². The van der Waals surface area contributed by atoms with Crippen molar-refractivity contribution in [1.29, 1.82) is 0 Å². The molecule has 0 unspecified atom stereocenters. The maximum Gasteiger partial charge on any atom is 0.0823 e. The standard InChI is InChI=1S/C15H24O2Si/c1-12-15(16)9-14(17-12)11-18(2,3)10-13-7-5-4-6-8-13/h4-8,12,14-16H,9-11H2,1-3H3/t12-,14+,15+/m0/s1. The van der Waals surface area contributed by atoms with Crippen LogP contribution in [0.4, 0.5) is 0 Å². The molecule has 1 aliphatic heterocycles. The van der Waals surface area contributed by atoms with Crippen molar-refractivity contribution in [2.45, 2.75) is 56.8 Å². The Hall–Kier alpha value is -0.643. The Balaban J connectivity index is 1.92. The minimum Gasteiger partial charge on any atom is -0.390 e. The van der Waals surface area contributed by atoms with Gasteiger partial charge in [0.1, 0.15) is 0 Å². The van der Waals surface area contributed by atoms with Gasteiger partial charge in [-0.1, -0.05) is 49.0 Å². The predicted octanol–water partition coefficient (Wildman–Crippen LogP) is 3.02. The van der Waals surface area contributed by atoms with Gasteiger partial charge in [-0.2, -0.15) is 0 Å². The summed E-state index contributed by atoms with van der Waals surface area (Å²) < 4.78 is 5.83. The summed E-state index contributed by atoms with van der Waals surface area (Å²) in [6.07, 6.45) is 0.820. The Bertz CT molecular complexity index is 367. The summed E-state index contributed by atoms with van der Waals surface area (Å²) in [5, 5.41) is 9.75. The highest BCUT2D eigenvalue weighted by Crippen LogP contribution is 2.28. The molecule has 1 aliphatic rings. The molecule has 0 radical (unpaired) electrons. The van der Waals surface area contributed by atoms with Crippen molar-refractivity contribution in [3.8, 4) is 0 Å². The predicted molar refractivity (Wildman–Crippen MR) is 77.4 cm³/mol. The first-order valence-electron chi connectivity index (χ1n) is 6.84. The molecule has 18 heavy (non-hydrogen) atoms. The zero-order chi connectivity index (χ0) is 13.2. The van der Waals surface area contributed by atoms with Crippen LogP contribution < -0.4 is 0 Å². The first-order chi connectivity index (χ1) is 8.46. The lowest BCUT2D eigenvalue weighted by Crippen LogP contribution is -2.34. The number of aliphatic hydroxyl groups excluding tert-OH is 1. The fourth-order valence-electron chi connectivity index (χ4n) is 2.88. The third kappa shape index (κ3) is 3.67. The van der Waals surface area contributed by atoms with Crippen LogP contribution in [0.2, 0.25) is 19.1 Å². The van der Waals surface area contributed by atoms with Crippen molar-refractivity contribution in [1.82, 2.24) is 0 Å². The summed E-state index contributed by atoms with van der Waals surface area (Å²) in [6.45, 7) is 6.80. The molecule has 0 saturated carbocycles. The molecule has 1 heterocycles. The van der Waals surface area contributed by atoms with Crippen molar-refractivity contribution in [3.05, 3.63) is 35.9 Å². The van der Waals surface area contributed by atoms with Crippen molar-refractivity contribution in [2.75, 3.05) is 0 Å². The van der Waals surface area contributed by atoms with Crippen LogP contribution in [-0.4, -0.2) is 31.5 Å². The summed E-state index contributed by atoms with van der Waals surface area (Å²) >= 11 is 0. The van der Waals surface area contributed by atoms with Crippen LogP contribution >= 0.6 is 0 Å². The Morgan fingerprint density at radius 3 is 2.50 bits per heavy atom. The van der Waals surface area contributed by atoms with Crippen molar-refractivity contribution >= 4 is 8.07 Å². The van der Waals surface area contributed by atoms with Crippen LogP contribution in [0.5, 0.6) is 0 Å². The van der Waals surface area contributed by atoms with Gasteiger partial charge in [-0.05, 0) is 19.0 Å². The molecular weight excluding hydrogens is 240 g/mol. The van der Waals surface area contributed by atoms with Gasteiger partial charge >= 0.3 is 0 Å². The molecule has 1 fully saturated rings. The van der Waals surface area contributed by atoms with Gasteiger partial charge in [-0.25, -0.2) is 0 Å². The lowest BCUT2D eigenvalue weighted by molar-refractivity contribution is 0.0282. The number of rotatable bonds is 4. The van der Waals surface area contributed by atoms with E-state index in [1.165, 1.54) is 11.6 Å². The Kier molecular flexibility index (Phi) is 4.25. The van der Waals surface area contributed by atoms with Gasteiger partial charge in [0.2, 0.25) is 0 Å². The minimum atomic E-state index is -1.30. The van der Waals surface area contributed by atoms with E-state index in [0.717, 1.165) is 12.5 Å². The van der Waals surface area contributed by atoms with E-state index in [4.69, 9.17) is 4.74 Å². The van der Waals surface area contributed by atoms with E-state index in [1.54, 1.807) is 0 Å². The lowest BCUT2D eigenvalue weighted by Gasteiger charge is -2.25. The first kappa shape index (κ1) is 13.8. The maximum atomic E-state index is 9.75. The average Bonchev–Trinajstić information content (AvgIpc) is 2.57. The van der Waals surface area contributed by atoms with Gasteiger partial charge in [-0.3, -0.25) is 0 Å². The SMILES string of the molecule is C[C@@H]1O[C@@H](C[Si](C)(C)Cc2ccccc2)C[C@H]1O. The fourth-order valence-corrected chi connectivity index (χ4v) is 5.86. The maximum absolute atomic E-state index is 9.75. The van der Waals surface area contributed by atoms with Gasteiger partial charge < -0.3 is 9.84 Å². The van der Waals surface area contributed by atoms with E-state index in [0.29, 0.717) is 0 Å². The third-order valence-electron chi connectivity index (χ3n) is 3.76. The molecule has 0 spiro atoms. The normalized spacial score (nSPS) is 28.6. The number of ether oxygens (including phenoxy) is 1. The molecule has 0 bridgehead atoms. The second-order valence-corrected chi connectivity index (χ2v) is 11.4. The van der Waals surface area contributed by atoms with Gasteiger partial charge in [-0.15, -0.1) is 0 Å². The molecule has 100 valence electrons. The number of hydrogen-bond acceptors (Lipinski definition) is 2. The smallest absolute Gasteiger partial charge is 0.0823 e. The van der Waals surface area contributed by atoms with E-state index in [-0.39, 0.29) is 18.3 Å². The third-order valence-corrected chi connectivity index (χ3v) is 6.68. The summed E-state index contributed by atoms with van der Waals surface area (Å²) in [6, 6.07) is 13.0. The minimum absolute atomic E-state index is 0.0107. The van der Waals surface area contributed by atoms with Crippen LogP contribution in [0, 0.1) is 0 Å². The molecule has 3 atom stereocenters. The van der Waals surface area contributed by atoms with E-state index in [9.17, 15) is 5.11 Å². The summed E-state index contributed by atoms with van der Waals surface area (Å²) in [5.74, 6) is 0. The van der Waals surface area contributed by atoms with Gasteiger partial charge in [0.25, 0.3) is 0 Å². The van der Waals surface area contributed by atoms with Crippen molar-refractivity contribution < 1.29 is 9.84 Å². The van der Waals surface area contributed by atoms with Crippen LogP contribution in [0.1, 0.15) is 18.9 Å². The molecule has 2 rings (SSSR count). The summed E-state index contributed by atoms with van der Waals surface area (Å²) in [4.78, 5) is 0. The van der Waals surface area contributed by atoms with E-state index in [2.05, 4.69) is 43.4 Å². The van der Waals surface area contributed by atoms with Crippen LogP contribution in [0.3, 0.4) is 0 Å². The second-order valence-electron chi connectivity index (χ2n) is 6.30. The second kappa shape index (κ2) is 5.55. The van der Waals surface area contributed by atoms with Crippen LogP contribution in [-0.2, 0) is 10.8 Å². The fraction of sp³-hybridized carbons (Fsp3) is 0.600. The highest BCUT2D eigenvalue weighted by molar-refractivity contribution is 6.77. The summed E-state index contributed by atoms with van der Waals surface area (Å²) in [5.41, 5.74) is 1.43.